The van der Waals surface area contributed by atoms with E-state index in [-0.39, 0.29) is 35.9 Å². The lowest BCUT2D eigenvalue weighted by Gasteiger charge is -2.19. The molecule has 1 saturated carbocycles. The number of anilines is 1. The second-order valence-corrected chi connectivity index (χ2v) is 8.43. The number of sulfonamides is 1. The monoisotopic (exact) mass is 379 g/mol. The summed E-state index contributed by atoms with van der Waals surface area (Å²) in [7, 11) is -3.62. The average Bonchev–Trinajstić information content (AvgIpc) is 2.81. The van der Waals surface area contributed by atoms with Gasteiger partial charge in [-0.2, -0.15) is 0 Å². The lowest BCUT2D eigenvalue weighted by atomic mass is 9.81. The fourth-order valence-electron chi connectivity index (χ4n) is 3.65. The molecule has 3 amide bonds. The summed E-state index contributed by atoms with van der Waals surface area (Å²) in [5.74, 6) is -1.81. The fraction of sp³-hybridized carbons (Fsp3) is 0.471. The Morgan fingerprint density at radius 2 is 1.62 bits per heavy atom. The van der Waals surface area contributed by atoms with Crippen LogP contribution in [0.25, 0.3) is 0 Å². The zero-order valence-electron chi connectivity index (χ0n) is 14.2. The lowest BCUT2D eigenvalue weighted by Crippen LogP contribution is -2.38. The second-order valence-electron chi connectivity index (χ2n) is 6.81. The van der Waals surface area contributed by atoms with Crippen LogP contribution in [-0.4, -0.2) is 37.6 Å². The number of rotatable bonds is 5. The van der Waals surface area contributed by atoms with Gasteiger partial charge in [0.15, 0.2) is 0 Å². The van der Waals surface area contributed by atoms with Gasteiger partial charge in [0, 0.05) is 5.69 Å². The van der Waals surface area contributed by atoms with Crippen molar-refractivity contribution in [3.8, 4) is 0 Å². The first-order chi connectivity index (χ1) is 12.2. The van der Waals surface area contributed by atoms with Gasteiger partial charge in [-0.15, -0.1) is 0 Å². The topological polar surface area (TPSA) is 127 Å². The highest BCUT2D eigenvalue weighted by molar-refractivity contribution is 7.88. The number of carbonyl (C=O) groups excluding carboxylic acids is 3. The molecule has 1 heterocycles. The van der Waals surface area contributed by atoms with Gasteiger partial charge in [-0.05, 0) is 30.5 Å². The van der Waals surface area contributed by atoms with E-state index in [2.05, 4.69) is 5.32 Å². The summed E-state index contributed by atoms with van der Waals surface area (Å²) >= 11 is 0. The minimum absolute atomic E-state index is 0.252. The smallest absolute Gasteiger partial charge is 0.244 e. The molecule has 0 radical (unpaired) electrons. The van der Waals surface area contributed by atoms with Crippen LogP contribution in [0.15, 0.2) is 24.3 Å². The Morgan fingerprint density at radius 1 is 1.08 bits per heavy atom. The number of likely N-dealkylation sites (tertiary alicyclic amines) is 1. The molecule has 0 aromatic heterocycles. The van der Waals surface area contributed by atoms with Crippen LogP contribution in [-0.2, 0) is 30.2 Å². The maximum Gasteiger partial charge on any atom is 0.244 e. The van der Waals surface area contributed by atoms with E-state index >= 15 is 0 Å². The van der Waals surface area contributed by atoms with Crippen molar-refractivity contribution in [3.63, 3.8) is 0 Å². The number of nitrogens with one attached hydrogen (secondary N) is 1. The third kappa shape index (κ3) is 4.10. The summed E-state index contributed by atoms with van der Waals surface area (Å²) in [6.45, 7) is -0.302. The Kier molecular flexibility index (Phi) is 5.10. The Balaban J connectivity index is 1.60. The van der Waals surface area contributed by atoms with E-state index < -0.39 is 15.9 Å². The molecular weight excluding hydrogens is 358 g/mol. The van der Waals surface area contributed by atoms with Crippen molar-refractivity contribution >= 4 is 33.4 Å². The molecule has 9 heteroatoms. The molecule has 3 N–H and O–H groups in total. The zero-order chi connectivity index (χ0) is 18.9. The highest BCUT2D eigenvalue weighted by atomic mass is 32.2. The highest BCUT2D eigenvalue weighted by Crippen LogP contribution is 2.37. The standard InChI is InChI=1S/C17H21N3O5S/c18-26(24,25)10-11-5-7-12(8-6-11)19-15(21)9-20-16(22)13-3-1-2-4-14(13)17(20)23/h5-8,13-14H,1-4,9-10H2,(H,19,21)(H2,18,24,25). The number of primary sulfonamides is 1. The van der Waals surface area contributed by atoms with Gasteiger partial charge in [0.25, 0.3) is 0 Å². The van der Waals surface area contributed by atoms with Crippen molar-refractivity contribution in [1.82, 2.24) is 4.90 Å². The minimum atomic E-state index is -3.62. The third-order valence-corrected chi connectivity index (χ3v) is 5.58. The first kappa shape index (κ1) is 18.5. The van der Waals surface area contributed by atoms with Gasteiger partial charge < -0.3 is 5.32 Å². The Labute approximate surface area is 151 Å². The van der Waals surface area contributed by atoms with Crippen molar-refractivity contribution in [1.29, 1.82) is 0 Å². The molecule has 1 aliphatic heterocycles. The molecule has 3 rings (SSSR count). The van der Waals surface area contributed by atoms with E-state index in [0.717, 1.165) is 17.7 Å². The molecule has 0 bridgehead atoms. The van der Waals surface area contributed by atoms with Gasteiger partial charge in [0.2, 0.25) is 27.7 Å². The quantitative estimate of drug-likeness (QED) is 0.724. The molecule has 2 unspecified atom stereocenters. The molecule has 2 atom stereocenters. The van der Waals surface area contributed by atoms with Crippen molar-refractivity contribution in [2.45, 2.75) is 31.4 Å². The van der Waals surface area contributed by atoms with Gasteiger partial charge in [-0.3, -0.25) is 19.3 Å². The predicted octanol–water partition coefficient (Wildman–Crippen LogP) is 0.589. The summed E-state index contributed by atoms with van der Waals surface area (Å²) in [4.78, 5) is 38.0. The summed E-state index contributed by atoms with van der Waals surface area (Å²) in [6.07, 6.45) is 3.29. The van der Waals surface area contributed by atoms with Crippen LogP contribution >= 0.6 is 0 Å². The van der Waals surface area contributed by atoms with Crippen LogP contribution in [0.1, 0.15) is 31.2 Å². The van der Waals surface area contributed by atoms with Crippen molar-refractivity contribution in [2.24, 2.45) is 17.0 Å². The maximum atomic E-state index is 12.4. The molecule has 0 spiro atoms. The molecule has 2 aliphatic rings. The number of nitrogens with zero attached hydrogens (tertiary/aromatic N) is 1. The van der Waals surface area contributed by atoms with E-state index in [1.807, 2.05) is 0 Å². The van der Waals surface area contributed by atoms with Crippen molar-refractivity contribution < 1.29 is 22.8 Å². The average molecular weight is 379 g/mol. The Morgan fingerprint density at radius 3 is 2.12 bits per heavy atom. The van der Waals surface area contributed by atoms with Crippen LogP contribution in [0.2, 0.25) is 0 Å². The molecule has 8 nitrogen and oxygen atoms in total. The SMILES string of the molecule is NS(=O)(=O)Cc1ccc(NC(=O)CN2C(=O)C3CCCCC3C2=O)cc1. The number of amides is 3. The van der Waals surface area contributed by atoms with E-state index in [0.29, 0.717) is 24.1 Å². The van der Waals surface area contributed by atoms with E-state index in [9.17, 15) is 22.8 Å². The van der Waals surface area contributed by atoms with E-state index in [1.54, 1.807) is 24.3 Å². The molecule has 1 saturated heterocycles. The first-order valence-corrected chi connectivity index (χ1v) is 10.2. The van der Waals surface area contributed by atoms with Gasteiger partial charge in [0.1, 0.15) is 6.54 Å². The summed E-state index contributed by atoms with van der Waals surface area (Å²) in [5.41, 5.74) is 0.948. The third-order valence-electron chi connectivity index (χ3n) is 4.84. The second kappa shape index (κ2) is 7.16. The van der Waals surface area contributed by atoms with Crippen LogP contribution in [0.5, 0.6) is 0 Å². The number of benzene rings is 1. The number of hydrogen-bond donors (Lipinski definition) is 2. The van der Waals surface area contributed by atoms with Gasteiger partial charge in [-0.25, -0.2) is 13.6 Å². The van der Waals surface area contributed by atoms with Crippen molar-refractivity contribution in [2.75, 3.05) is 11.9 Å². The van der Waals surface area contributed by atoms with Crippen LogP contribution in [0.3, 0.4) is 0 Å². The van der Waals surface area contributed by atoms with Crippen LogP contribution in [0, 0.1) is 11.8 Å². The molecule has 2 fully saturated rings. The summed E-state index contributed by atoms with van der Waals surface area (Å²) in [6, 6.07) is 6.18. The molecular formula is C17H21N3O5S. The number of imide groups is 1. The predicted molar refractivity (Wildman–Crippen MR) is 94.1 cm³/mol. The molecule has 1 aromatic carbocycles. The summed E-state index contributed by atoms with van der Waals surface area (Å²) < 4.78 is 22.1. The minimum Gasteiger partial charge on any atom is -0.325 e. The zero-order valence-corrected chi connectivity index (χ0v) is 15.0. The van der Waals surface area contributed by atoms with E-state index in [1.165, 1.54) is 0 Å². The lowest BCUT2D eigenvalue weighted by molar-refractivity contribution is -0.142. The van der Waals surface area contributed by atoms with Crippen LogP contribution in [0.4, 0.5) is 5.69 Å². The van der Waals surface area contributed by atoms with E-state index in [4.69, 9.17) is 5.14 Å². The number of fused-ring (bicyclic) bond motifs is 1. The molecule has 1 aliphatic carbocycles. The largest absolute Gasteiger partial charge is 0.325 e. The number of carbonyl (C=O) groups is 3. The maximum absolute atomic E-state index is 12.4. The first-order valence-electron chi connectivity index (χ1n) is 8.49. The van der Waals surface area contributed by atoms with Crippen molar-refractivity contribution in [3.05, 3.63) is 29.8 Å². The summed E-state index contributed by atoms with van der Waals surface area (Å²) in [5, 5.41) is 7.60. The molecule has 140 valence electrons. The fourth-order valence-corrected chi connectivity index (χ4v) is 4.30. The Hall–Kier alpha value is -2.26. The highest BCUT2D eigenvalue weighted by Gasteiger charge is 2.48. The van der Waals surface area contributed by atoms with Crippen LogP contribution < -0.4 is 10.5 Å². The normalized spacial score (nSPS) is 23.0. The molecule has 26 heavy (non-hydrogen) atoms. The Bertz CT molecular complexity index is 810. The molecule has 1 aromatic rings. The van der Waals surface area contributed by atoms with Gasteiger partial charge >= 0.3 is 0 Å². The number of hydrogen-bond acceptors (Lipinski definition) is 5. The number of nitrogens with two attached hydrogens (primary N) is 1. The van der Waals surface area contributed by atoms with Gasteiger partial charge in [0.05, 0.1) is 17.6 Å². The van der Waals surface area contributed by atoms with Gasteiger partial charge in [-0.1, -0.05) is 25.0 Å².